The normalized spacial score (nSPS) is 10.5. The lowest BCUT2D eigenvalue weighted by Gasteiger charge is -2.08. The molecule has 0 spiro atoms. The quantitative estimate of drug-likeness (QED) is 0.915. The molecule has 2 rings (SSSR count). The number of ether oxygens (including phenoxy) is 1. The van der Waals surface area contributed by atoms with E-state index in [2.05, 4.69) is 10.4 Å². The Bertz CT molecular complexity index is 630. The van der Waals surface area contributed by atoms with Crippen LogP contribution in [0.25, 0.3) is 0 Å². The molecule has 0 fully saturated rings. The fraction of sp³-hybridized carbons (Fsp3) is 0.375. The molecule has 21 heavy (non-hydrogen) atoms. The van der Waals surface area contributed by atoms with Gasteiger partial charge in [0.05, 0.1) is 5.69 Å². The topological polar surface area (TPSA) is 56.1 Å². The van der Waals surface area contributed by atoms with Crippen LogP contribution < -0.4 is 10.1 Å². The van der Waals surface area contributed by atoms with Gasteiger partial charge in [0, 0.05) is 24.8 Å². The van der Waals surface area contributed by atoms with Crippen LogP contribution in [-0.2, 0) is 18.4 Å². The summed E-state index contributed by atoms with van der Waals surface area (Å²) >= 11 is 0. The summed E-state index contributed by atoms with van der Waals surface area (Å²) in [5.41, 5.74) is 4.22. The van der Waals surface area contributed by atoms with Gasteiger partial charge in [-0.3, -0.25) is 9.48 Å². The third kappa shape index (κ3) is 3.84. The molecule has 5 heteroatoms. The van der Waals surface area contributed by atoms with Gasteiger partial charge >= 0.3 is 0 Å². The van der Waals surface area contributed by atoms with E-state index in [-0.39, 0.29) is 12.5 Å². The number of nitrogens with zero attached hydrogens (tertiary/aromatic N) is 2. The molecule has 0 radical (unpaired) electrons. The predicted octanol–water partition coefficient (Wildman–Crippen LogP) is 2.04. The van der Waals surface area contributed by atoms with E-state index in [1.54, 1.807) is 0 Å². The average Bonchev–Trinajstić information content (AvgIpc) is 2.69. The summed E-state index contributed by atoms with van der Waals surface area (Å²) in [5, 5.41) is 7.18. The first kappa shape index (κ1) is 15.1. The highest BCUT2D eigenvalue weighted by Crippen LogP contribution is 2.12. The highest BCUT2D eigenvalue weighted by atomic mass is 16.5. The molecule has 112 valence electrons. The summed E-state index contributed by atoms with van der Waals surface area (Å²) in [6.07, 6.45) is 0. The fourth-order valence-electron chi connectivity index (χ4n) is 2.09. The van der Waals surface area contributed by atoms with Crippen molar-refractivity contribution in [3.63, 3.8) is 0 Å². The van der Waals surface area contributed by atoms with Crippen molar-refractivity contribution in [1.82, 2.24) is 15.1 Å². The number of carbonyl (C=O) groups is 1. The molecule has 1 amide bonds. The van der Waals surface area contributed by atoms with Crippen molar-refractivity contribution in [2.45, 2.75) is 27.3 Å². The zero-order valence-electron chi connectivity index (χ0n) is 12.9. The highest BCUT2D eigenvalue weighted by molar-refractivity contribution is 5.77. The lowest BCUT2D eigenvalue weighted by molar-refractivity contribution is -0.123. The second-order valence-electron chi connectivity index (χ2n) is 5.15. The zero-order chi connectivity index (χ0) is 15.4. The smallest absolute Gasteiger partial charge is 0.258 e. The molecule has 1 aromatic carbocycles. The van der Waals surface area contributed by atoms with E-state index in [1.165, 1.54) is 0 Å². The van der Waals surface area contributed by atoms with Gasteiger partial charge in [0.2, 0.25) is 0 Å². The van der Waals surface area contributed by atoms with Crippen LogP contribution in [0.15, 0.2) is 24.3 Å². The van der Waals surface area contributed by atoms with Crippen molar-refractivity contribution in [2.75, 3.05) is 6.61 Å². The maximum absolute atomic E-state index is 11.8. The average molecular weight is 287 g/mol. The van der Waals surface area contributed by atoms with E-state index in [1.807, 2.05) is 56.8 Å². The molecule has 0 unspecified atom stereocenters. The van der Waals surface area contributed by atoms with Gasteiger partial charge in [-0.25, -0.2) is 0 Å². The molecule has 1 aromatic heterocycles. The van der Waals surface area contributed by atoms with E-state index in [9.17, 15) is 4.79 Å². The fourth-order valence-corrected chi connectivity index (χ4v) is 2.09. The van der Waals surface area contributed by atoms with Gasteiger partial charge < -0.3 is 10.1 Å². The van der Waals surface area contributed by atoms with Gasteiger partial charge in [-0.05, 0) is 32.9 Å². The first-order valence-electron chi connectivity index (χ1n) is 6.92. The summed E-state index contributed by atoms with van der Waals surface area (Å²) in [5.74, 6) is 0.558. The summed E-state index contributed by atoms with van der Waals surface area (Å²) in [7, 11) is 1.90. The van der Waals surface area contributed by atoms with Crippen LogP contribution in [0.5, 0.6) is 5.75 Å². The Kier molecular flexibility index (Phi) is 4.62. The molecular weight excluding hydrogens is 266 g/mol. The van der Waals surface area contributed by atoms with Gasteiger partial charge in [-0.15, -0.1) is 0 Å². The van der Waals surface area contributed by atoms with Crippen molar-refractivity contribution in [2.24, 2.45) is 7.05 Å². The number of carbonyl (C=O) groups excluding carboxylic acids is 1. The number of benzene rings is 1. The first-order valence-corrected chi connectivity index (χ1v) is 6.92. The van der Waals surface area contributed by atoms with Crippen LogP contribution >= 0.6 is 0 Å². The molecule has 0 saturated carbocycles. The van der Waals surface area contributed by atoms with Crippen LogP contribution in [-0.4, -0.2) is 22.3 Å². The SMILES string of the molecule is Cc1ccc(OCC(=O)NCc2c(C)nn(C)c2C)cc1. The minimum atomic E-state index is -0.141. The van der Waals surface area contributed by atoms with Crippen LogP contribution in [0, 0.1) is 20.8 Å². The first-order chi connectivity index (χ1) is 9.97. The van der Waals surface area contributed by atoms with Gasteiger partial charge in [-0.1, -0.05) is 17.7 Å². The minimum Gasteiger partial charge on any atom is -0.484 e. The monoisotopic (exact) mass is 287 g/mol. The summed E-state index contributed by atoms with van der Waals surface area (Å²) in [6, 6.07) is 7.63. The summed E-state index contributed by atoms with van der Waals surface area (Å²) < 4.78 is 7.26. The van der Waals surface area contributed by atoms with E-state index < -0.39 is 0 Å². The molecule has 1 heterocycles. The second kappa shape index (κ2) is 6.43. The molecule has 0 aliphatic heterocycles. The van der Waals surface area contributed by atoms with Crippen LogP contribution in [0.1, 0.15) is 22.5 Å². The Morgan fingerprint density at radius 1 is 1.24 bits per heavy atom. The lowest BCUT2D eigenvalue weighted by atomic mass is 10.2. The second-order valence-corrected chi connectivity index (χ2v) is 5.15. The molecule has 0 aliphatic rings. The predicted molar refractivity (Wildman–Crippen MR) is 81.2 cm³/mol. The molecule has 0 atom stereocenters. The minimum absolute atomic E-state index is 0.0153. The molecule has 1 N–H and O–H groups in total. The van der Waals surface area contributed by atoms with E-state index in [0.29, 0.717) is 12.3 Å². The standard InChI is InChI=1S/C16H21N3O2/c1-11-5-7-14(8-6-11)21-10-16(20)17-9-15-12(2)18-19(4)13(15)3/h5-8H,9-10H2,1-4H3,(H,17,20). The van der Waals surface area contributed by atoms with Crippen molar-refractivity contribution in [3.8, 4) is 5.75 Å². The Morgan fingerprint density at radius 2 is 1.90 bits per heavy atom. The third-order valence-corrected chi connectivity index (χ3v) is 3.51. The Labute approximate surface area is 124 Å². The third-order valence-electron chi connectivity index (χ3n) is 3.51. The van der Waals surface area contributed by atoms with E-state index in [4.69, 9.17) is 4.74 Å². The maximum atomic E-state index is 11.8. The molecule has 0 aliphatic carbocycles. The van der Waals surface area contributed by atoms with Crippen molar-refractivity contribution in [1.29, 1.82) is 0 Å². The van der Waals surface area contributed by atoms with E-state index >= 15 is 0 Å². The molecule has 2 aromatic rings. The van der Waals surface area contributed by atoms with Crippen LogP contribution in [0.4, 0.5) is 0 Å². The number of aryl methyl sites for hydroxylation is 3. The number of rotatable bonds is 5. The highest BCUT2D eigenvalue weighted by Gasteiger charge is 2.10. The number of hydrogen-bond donors (Lipinski definition) is 1. The number of aromatic nitrogens is 2. The Balaban J connectivity index is 1.83. The number of amides is 1. The van der Waals surface area contributed by atoms with Crippen molar-refractivity contribution < 1.29 is 9.53 Å². The molecule has 0 bridgehead atoms. The van der Waals surface area contributed by atoms with Gasteiger partial charge in [0.1, 0.15) is 5.75 Å². The Morgan fingerprint density at radius 3 is 2.48 bits per heavy atom. The van der Waals surface area contributed by atoms with Crippen molar-refractivity contribution in [3.05, 3.63) is 46.8 Å². The number of hydrogen-bond acceptors (Lipinski definition) is 3. The van der Waals surface area contributed by atoms with Gasteiger partial charge in [0.15, 0.2) is 6.61 Å². The molecule has 5 nitrogen and oxygen atoms in total. The van der Waals surface area contributed by atoms with E-state index in [0.717, 1.165) is 22.5 Å². The number of nitrogens with one attached hydrogen (secondary N) is 1. The van der Waals surface area contributed by atoms with Crippen LogP contribution in [0.3, 0.4) is 0 Å². The van der Waals surface area contributed by atoms with Gasteiger partial charge in [0.25, 0.3) is 5.91 Å². The lowest BCUT2D eigenvalue weighted by Crippen LogP contribution is -2.28. The van der Waals surface area contributed by atoms with Crippen LogP contribution in [0.2, 0.25) is 0 Å². The summed E-state index contributed by atoms with van der Waals surface area (Å²) in [4.78, 5) is 11.8. The van der Waals surface area contributed by atoms with Gasteiger partial charge in [-0.2, -0.15) is 5.10 Å². The molecule has 0 saturated heterocycles. The zero-order valence-corrected chi connectivity index (χ0v) is 12.9. The maximum Gasteiger partial charge on any atom is 0.258 e. The largest absolute Gasteiger partial charge is 0.484 e. The summed E-state index contributed by atoms with van der Waals surface area (Å²) in [6.45, 7) is 6.43. The Hall–Kier alpha value is -2.30. The molecular formula is C16H21N3O2. The van der Waals surface area contributed by atoms with Crippen molar-refractivity contribution >= 4 is 5.91 Å².